The van der Waals surface area contributed by atoms with Crippen LogP contribution in [0.2, 0.25) is 0 Å². The molecule has 20 heavy (non-hydrogen) atoms. The molecular weight excluding hydrogens is 252 g/mol. The van der Waals surface area contributed by atoms with Gasteiger partial charge in [-0.1, -0.05) is 26.8 Å². The number of nitrogens with one attached hydrogen (secondary N) is 1. The van der Waals surface area contributed by atoms with Crippen molar-refractivity contribution in [2.24, 2.45) is 5.41 Å². The first-order valence-corrected chi connectivity index (χ1v) is 6.99. The van der Waals surface area contributed by atoms with Gasteiger partial charge in [0.2, 0.25) is 5.91 Å². The zero-order valence-corrected chi connectivity index (χ0v) is 12.6. The molecule has 1 N–H and O–H groups in total. The monoisotopic (exact) mass is 274 g/mol. The van der Waals surface area contributed by atoms with Gasteiger partial charge < -0.3 is 10.2 Å². The lowest BCUT2D eigenvalue weighted by Gasteiger charge is -2.35. The molecule has 1 saturated heterocycles. The highest BCUT2D eigenvalue weighted by molar-refractivity contribution is 5.99. The maximum absolute atomic E-state index is 12.2. The van der Waals surface area contributed by atoms with Gasteiger partial charge in [-0.25, -0.2) is 0 Å². The van der Waals surface area contributed by atoms with Crippen molar-refractivity contribution in [3.05, 3.63) is 29.8 Å². The predicted molar refractivity (Wildman–Crippen MR) is 79.8 cm³/mol. The van der Waals surface area contributed by atoms with Gasteiger partial charge >= 0.3 is 0 Å². The van der Waals surface area contributed by atoms with E-state index in [4.69, 9.17) is 0 Å². The number of rotatable bonds is 2. The molecule has 1 fully saturated rings. The Labute approximate surface area is 120 Å². The van der Waals surface area contributed by atoms with Gasteiger partial charge in [-0.15, -0.1) is 0 Å². The third kappa shape index (κ3) is 2.69. The van der Waals surface area contributed by atoms with Crippen molar-refractivity contribution < 1.29 is 9.59 Å². The maximum Gasteiger partial charge on any atom is 0.251 e. The zero-order valence-electron chi connectivity index (χ0n) is 12.6. The van der Waals surface area contributed by atoms with Gasteiger partial charge in [-0.3, -0.25) is 9.59 Å². The highest BCUT2D eigenvalue weighted by atomic mass is 16.2. The molecule has 0 bridgehead atoms. The van der Waals surface area contributed by atoms with Crippen molar-refractivity contribution in [2.45, 2.75) is 39.7 Å². The second kappa shape index (κ2) is 5.27. The first-order valence-electron chi connectivity index (χ1n) is 6.99. The van der Waals surface area contributed by atoms with Crippen molar-refractivity contribution in [2.75, 3.05) is 11.9 Å². The molecule has 1 aromatic rings. The van der Waals surface area contributed by atoms with Crippen LogP contribution in [0.1, 0.15) is 44.0 Å². The smallest absolute Gasteiger partial charge is 0.251 e. The van der Waals surface area contributed by atoms with Crippen molar-refractivity contribution >= 4 is 17.5 Å². The van der Waals surface area contributed by atoms with Crippen LogP contribution in [0.25, 0.3) is 0 Å². The van der Waals surface area contributed by atoms with Crippen LogP contribution in [0.15, 0.2) is 24.3 Å². The van der Waals surface area contributed by atoms with E-state index in [0.717, 1.165) is 12.1 Å². The molecule has 0 aliphatic carbocycles. The molecule has 2 rings (SSSR count). The molecule has 0 spiro atoms. The van der Waals surface area contributed by atoms with Crippen LogP contribution in [0.3, 0.4) is 0 Å². The quantitative estimate of drug-likeness (QED) is 0.901. The minimum absolute atomic E-state index is 0.0230. The summed E-state index contributed by atoms with van der Waals surface area (Å²) in [6.45, 7) is 6.43. The molecule has 1 unspecified atom stereocenters. The van der Waals surface area contributed by atoms with E-state index in [1.54, 1.807) is 19.2 Å². The Morgan fingerprint density at radius 2 is 2.05 bits per heavy atom. The van der Waals surface area contributed by atoms with E-state index < -0.39 is 0 Å². The van der Waals surface area contributed by atoms with Crippen LogP contribution in [-0.4, -0.2) is 24.9 Å². The fourth-order valence-corrected chi connectivity index (χ4v) is 2.77. The van der Waals surface area contributed by atoms with Gasteiger partial charge in [0.15, 0.2) is 0 Å². The van der Waals surface area contributed by atoms with E-state index >= 15 is 0 Å². The predicted octanol–water partition coefficient (Wildman–Crippen LogP) is 2.59. The Kier molecular flexibility index (Phi) is 3.84. The minimum Gasteiger partial charge on any atom is -0.355 e. The molecular formula is C16H22N2O2. The van der Waals surface area contributed by atoms with Gasteiger partial charge in [-0.05, 0) is 30.0 Å². The summed E-state index contributed by atoms with van der Waals surface area (Å²) < 4.78 is 0. The van der Waals surface area contributed by atoms with Gasteiger partial charge in [0, 0.05) is 30.8 Å². The van der Waals surface area contributed by atoms with Gasteiger partial charge in [0.1, 0.15) is 0 Å². The van der Waals surface area contributed by atoms with Gasteiger partial charge in [-0.2, -0.15) is 0 Å². The zero-order chi connectivity index (χ0) is 14.9. The van der Waals surface area contributed by atoms with Crippen molar-refractivity contribution in [3.63, 3.8) is 0 Å². The molecule has 0 radical (unpaired) electrons. The molecule has 108 valence electrons. The number of anilines is 1. The van der Waals surface area contributed by atoms with Crippen molar-refractivity contribution in [3.8, 4) is 0 Å². The van der Waals surface area contributed by atoms with Crippen molar-refractivity contribution in [1.82, 2.24) is 5.32 Å². The number of carbonyl (C=O) groups is 2. The molecule has 2 amide bonds. The molecule has 1 atom stereocenters. The topological polar surface area (TPSA) is 49.4 Å². The standard InChI is InChI=1S/C16H22N2O2/c1-16(2,3)13-8-9-14(19)18(13)12-7-5-6-11(10-12)15(20)17-4/h5-7,10,13H,8-9H2,1-4H3,(H,17,20). The summed E-state index contributed by atoms with van der Waals surface area (Å²) in [6, 6.07) is 7.45. The lowest BCUT2D eigenvalue weighted by molar-refractivity contribution is -0.117. The van der Waals surface area contributed by atoms with Crippen LogP contribution in [0.5, 0.6) is 0 Å². The second-order valence-corrected chi connectivity index (χ2v) is 6.31. The summed E-state index contributed by atoms with van der Waals surface area (Å²) in [5.74, 6) is 0.00443. The highest BCUT2D eigenvalue weighted by Gasteiger charge is 2.39. The lowest BCUT2D eigenvalue weighted by Crippen LogP contribution is -2.41. The first-order chi connectivity index (χ1) is 9.34. The number of hydrogen-bond acceptors (Lipinski definition) is 2. The SMILES string of the molecule is CNC(=O)c1cccc(N2C(=O)CCC2C(C)(C)C)c1. The summed E-state index contributed by atoms with van der Waals surface area (Å²) >= 11 is 0. The molecule has 1 aliphatic rings. The minimum atomic E-state index is -0.134. The average Bonchev–Trinajstić information content (AvgIpc) is 2.80. The number of amides is 2. The van der Waals surface area contributed by atoms with Gasteiger partial charge in [0.05, 0.1) is 0 Å². The largest absolute Gasteiger partial charge is 0.355 e. The third-order valence-electron chi connectivity index (χ3n) is 3.83. The molecule has 1 aliphatic heterocycles. The van der Waals surface area contributed by atoms with E-state index in [-0.39, 0.29) is 23.3 Å². The molecule has 4 heteroatoms. The Bertz CT molecular complexity index is 532. The summed E-state index contributed by atoms with van der Waals surface area (Å²) in [5.41, 5.74) is 1.42. The average molecular weight is 274 g/mol. The second-order valence-electron chi connectivity index (χ2n) is 6.31. The van der Waals surface area contributed by atoms with E-state index in [1.807, 2.05) is 17.0 Å². The number of benzene rings is 1. The van der Waals surface area contributed by atoms with Crippen LogP contribution in [-0.2, 0) is 4.79 Å². The molecule has 4 nitrogen and oxygen atoms in total. The molecule has 1 heterocycles. The fraction of sp³-hybridized carbons (Fsp3) is 0.500. The Morgan fingerprint density at radius 1 is 1.35 bits per heavy atom. The number of nitrogens with zero attached hydrogens (tertiary/aromatic N) is 1. The normalized spacial score (nSPS) is 19.3. The summed E-state index contributed by atoms with van der Waals surface area (Å²) in [7, 11) is 1.61. The highest BCUT2D eigenvalue weighted by Crippen LogP contribution is 2.36. The van der Waals surface area contributed by atoms with E-state index in [0.29, 0.717) is 12.0 Å². The van der Waals surface area contributed by atoms with Crippen LogP contribution in [0, 0.1) is 5.41 Å². The molecule has 0 saturated carbocycles. The first kappa shape index (κ1) is 14.6. The summed E-state index contributed by atoms with van der Waals surface area (Å²) in [6.07, 6.45) is 1.44. The fourth-order valence-electron chi connectivity index (χ4n) is 2.77. The molecule has 0 aromatic heterocycles. The molecule has 1 aromatic carbocycles. The van der Waals surface area contributed by atoms with Crippen LogP contribution < -0.4 is 10.2 Å². The van der Waals surface area contributed by atoms with Gasteiger partial charge in [0.25, 0.3) is 5.91 Å². The Balaban J connectivity index is 2.38. The van der Waals surface area contributed by atoms with Crippen LogP contribution in [0.4, 0.5) is 5.69 Å². The summed E-state index contributed by atoms with van der Waals surface area (Å²) in [5, 5.41) is 2.61. The van der Waals surface area contributed by atoms with E-state index in [2.05, 4.69) is 26.1 Å². The maximum atomic E-state index is 12.2. The van der Waals surface area contributed by atoms with Crippen molar-refractivity contribution in [1.29, 1.82) is 0 Å². The van der Waals surface area contributed by atoms with E-state index in [9.17, 15) is 9.59 Å². The van der Waals surface area contributed by atoms with E-state index in [1.165, 1.54) is 0 Å². The Morgan fingerprint density at radius 3 is 2.65 bits per heavy atom. The van der Waals surface area contributed by atoms with Crippen LogP contribution >= 0.6 is 0 Å². The Hall–Kier alpha value is -1.84. The number of carbonyl (C=O) groups excluding carboxylic acids is 2. The third-order valence-corrected chi connectivity index (χ3v) is 3.83. The summed E-state index contributed by atoms with van der Waals surface area (Å²) in [4.78, 5) is 25.8. The lowest BCUT2D eigenvalue weighted by atomic mass is 9.85. The number of hydrogen-bond donors (Lipinski definition) is 1.